The van der Waals surface area contributed by atoms with Gasteiger partial charge in [-0.05, 0) is 57.8 Å². The maximum Gasteiger partial charge on any atom is 0.255 e. The van der Waals surface area contributed by atoms with Crippen molar-refractivity contribution in [2.75, 3.05) is 26.2 Å². The SMILES string of the molecule is Cc1nn(-c2ccccc2)c(C)c1C(=O)NCC(C)CN1CCCCC1. The molecule has 5 nitrogen and oxygen atoms in total. The van der Waals surface area contributed by atoms with Gasteiger partial charge in [-0.15, -0.1) is 0 Å². The monoisotopic (exact) mass is 354 g/mol. The highest BCUT2D eigenvalue weighted by atomic mass is 16.1. The van der Waals surface area contributed by atoms with Gasteiger partial charge in [0.1, 0.15) is 0 Å². The number of nitrogens with zero attached hydrogens (tertiary/aromatic N) is 3. The predicted molar refractivity (Wildman–Crippen MR) is 105 cm³/mol. The van der Waals surface area contributed by atoms with Gasteiger partial charge in [0.15, 0.2) is 0 Å². The van der Waals surface area contributed by atoms with Gasteiger partial charge in [0.05, 0.1) is 22.6 Å². The van der Waals surface area contributed by atoms with Gasteiger partial charge in [-0.3, -0.25) is 4.79 Å². The molecule has 0 saturated carbocycles. The van der Waals surface area contributed by atoms with Crippen molar-refractivity contribution in [3.8, 4) is 5.69 Å². The molecule has 5 heteroatoms. The number of rotatable bonds is 6. The second-order valence-electron chi connectivity index (χ2n) is 7.47. The minimum absolute atomic E-state index is 0.0207. The lowest BCUT2D eigenvalue weighted by atomic mass is 10.1. The van der Waals surface area contributed by atoms with Crippen molar-refractivity contribution in [2.45, 2.75) is 40.0 Å². The first-order valence-electron chi connectivity index (χ1n) is 9.68. The molecule has 1 atom stereocenters. The molecule has 2 heterocycles. The quantitative estimate of drug-likeness (QED) is 0.865. The highest BCUT2D eigenvalue weighted by molar-refractivity contribution is 5.96. The van der Waals surface area contributed by atoms with Crippen LogP contribution in [0.5, 0.6) is 0 Å². The normalized spacial score (nSPS) is 16.4. The average Bonchev–Trinajstić information content (AvgIpc) is 2.96. The van der Waals surface area contributed by atoms with Gasteiger partial charge in [-0.1, -0.05) is 31.5 Å². The average molecular weight is 354 g/mol. The molecule has 1 fully saturated rings. The predicted octanol–water partition coefficient (Wildman–Crippen LogP) is 3.34. The molecular weight excluding hydrogens is 324 g/mol. The van der Waals surface area contributed by atoms with Gasteiger partial charge in [0, 0.05) is 13.1 Å². The van der Waals surface area contributed by atoms with Crippen LogP contribution in [-0.2, 0) is 0 Å². The summed E-state index contributed by atoms with van der Waals surface area (Å²) in [5.74, 6) is 0.425. The minimum Gasteiger partial charge on any atom is -0.352 e. The number of nitrogens with one attached hydrogen (secondary N) is 1. The number of hydrogen-bond donors (Lipinski definition) is 1. The summed E-state index contributed by atoms with van der Waals surface area (Å²) in [7, 11) is 0. The van der Waals surface area contributed by atoms with E-state index < -0.39 is 0 Å². The summed E-state index contributed by atoms with van der Waals surface area (Å²) in [6.07, 6.45) is 3.96. The maximum absolute atomic E-state index is 12.7. The van der Waals surface area contributed by atoms with E-state index in [9.17, 15) is 4.79 Å². The highest BCUT2D eigenvalue weighted by Gasteiger charge is 2.20. The third kappa shape index (κ3) is 4.33. The zero-order valence-corrected chi connectivity index (χ0v) is 16.2. The van der Waals surface area contributed by atoms with Crippen molar-refractivity contribution in [3.05, 3.63) is 47.3 Å². The number of benzene rings is 1. The number of amides is 1. The Balaban J connectivity index is 1.62. The molecule has 3 rings (SSSR count). The fourth-order valence-corrected chi connectivity index (χ4v) is 3.79. The molecule has 1 unspecified atom stereocenters. The first kappa shape index (κ1) is 18.6. The first-order chi connectivity index (χ1) is 12.6. The summed E-state index contributed by atoms with van der Waals surface area (Å²) in [5, 5.41) is 7.69. The van der Waals surface area contributed by atoms with Crippen LogP contribution in [0.3, 0.4) is 0 Å². The number of likely N-dealkylation sites (tertiary alicyclic amines) is 1. The van der Waals surface area contributed by atoms with E-state index in [1.165, 1.54) is 32.4 Å². The molecule has 0 aliphatic carbocycles. The molecule has 26 heavy (non-hydrogen) atoms. The minimum atomic E-state index is -0.0207. The molecular formula is C21H30N4O. The lowest BCUT2D eigenvalue weighted by Crippen LogP contribution is -2.38. The van der Waals surface area contributed by atoms with Crippen LogP contribution >= 0.6 is 0 Å². The van der Waals surface area contributed by atoms with Crippen LogP contribution in [0.15, 0.2) is 30.3 Å². The van der Waals surface area contributed by atoms with Gasteiger partial charge in [-0.25, -0.2) is 4.68 Å². The van der Waals surface area contributed by atoms with Crippen molar-refractivity contribution in [3.63, 3.8) is 0 Å². The Bertz CT molecular complexity index is 732. The van der Waals surface area contributed by atoms with Crippen molar-refractivity contribution < 1.29 is 4.79 Å². The third-order valence-electron chi connectivity index (χ3n) is 5.15. The lowest BCUT2D eigenvalue weighted by molar-refractivity contribution is 0.0941. The van der Waals surface area contributed by atoms with Crippen molar-refractivity contribution in [2.24, 2.45) is 5.92 Å². The molecule has 1 amide bonds. The molecule has 1 aromatic carbocycles. The zero-order valence-electron chi connectivity index (χ0n) is 16.2. The smallest absolute Gasteiger partial charge is 0.255 e. The van der Waals surface area contributed by atoms with Crippen LogP contribution in [0.1, 0.15) is 47.9 Å². The number of aromatic nitrogens is 2. The van der Waals surface area contributed by atoms with Crippen LogP contribution < -0.4 is 5.32 Å². The van der Waals surface area contributed by atoms with Crippen LogP contribution in [0.4, 0.5) is 0 Å². The van der Waals surface area contributed by atoms with E-state index in [-0.39, 0.29) is 5.91 Å². The number of carbonyl (C=O) groups is 1. The number of hydrogen-bond acceptors (Lipinski definition) is 3. The Morgan fingerprint density at radius 1 is 1.15 bits per heavy atom. The van der Waals surface area contributed by atoms with Crippen LogP contribution in [0.25, 0.3) is 5.69 Å². The summed E-state index contributed by atoms with van der Waals surface area (Å²) in [5.41, 5.74) is 3.33. The molecule has 0 spiro atoms. The standard InChI is InChI=1S/C21H30N4O/c1-16(15-24-12-8-5-9-13-24)14-22-21(26)20-17(2)23-25(18(20)3)19-10-6-4-7-11-19/h4,6-7,10-11,16H,5,8-9,12-15H2,1-3H3,(H,22,26). The number of aryl methyl sites for hydroxylation is 1. The van der Waals surface area contributed by atoms with Gasteiger partial charge in [0.2, 0.25) is 0 Å². The second-order valence-corrected chi connectivity index (χ2v) is 7.47. The van der Waals surface area contributed by atoms with Crippen molar-refractivity contribution in [1.82, 2.24) is 20.0 Å². The van der Waals surface area contributed by atoms with E-state index in [0.717, 1.165) is 23.6 Å². The molecule has 1 aliphatic rings. The van der Waals surface area contributed by atoms with Gasteiger partial charge in [0.25, 0.3) is 5.91 Å². The summed E-state index contributed by atoms with van der Waals surface area (Å²) in [6, 6.07) is 9.94. The molecule has 1 saturated heterocycles. The maximum atomic E-state index is 12.7. The summed E-state index contributed by atoms with van der Waals surface area (Å²) < 4.78 is 1.85. The Labute approximate surface area is 156 Å². The van der Waals surface area contributed by atoms with E-state index in [1.54, 1.807) is 0 Å². The van der Waals surface area contributed by atoms with E-state index in [2.05, 4.69) is 22.2 Å². The number of para-hydroxylation sites is 1. The fourth-order valence-electron chi connectivity index (χ4n) is 3.79. The van der Waals surface area contributed by atoms with Crippen LogP contribution in [-0.4, -0.2) is 46.8 Å². The largest absolute Gasteiger partial charge is 0.352 e. The molecule has 1 aliphatic heterocycles. The number of piperidine rings is 1. The van der Waals surface area contributed by atoms with E-state index in [0.29, 0.717) is 18.0 Å². The Morgan fingerprint density at radius 2 is 1.85 bits per heavy atom. The van der Waals surface area contributed by atoms with Gasteiger partial charge < -0.3 is 10.2 Å². The summed E-state index contributed by atoms with van der Waals surface area (Å²) >= 11 is 0. The summed E-state index contributed by atoms with van der Waals surface area (Å²) in [4.78, 5) is 15.3. The molecule has 2 aromatic rings. The van der Waals surface area contributed by atoms with Crippen LogP contribution in [0, 0.1) is 19.8 Å². The molecule has 0 bridgehead atoms. The Morgan fingerprint density at radius 3 is 2.54 bits per heavy atom. The van der Waals surface area contributed by atoms with E-state index >= 15 is 0 Å². The Hall–Kier alpha value is -2.14. The van der Waals surface area contributed by atoms with E-state index in [4.69, 9.17) is 0 Å². The van der Waals surface area contributed by atoms with Crippen molar-refractivity contribution in [1.29, 1.82) is 0 Å². The van der Waals surface area contributed by atoms with Gasteiger partial charge >= 0.3 is 0 Å². The number of carbonyl (C=O) groups excluding carboxylic acids is 1. The molecule has 140 valence electrons. The highest BCUT2D eigenvalue weighted by Crippen LogP contribution is 2.18. The first-order valence-corrected chi connectivity index (χ1v) is 9.68. The molecule has 1 aromatic heterocycles. The molecule has 0 radical (unpaired) electrons. The van der Waals surface area contributed by atoms with Crippen LogP contribution in [0.2, 0.25) is 0 Å². The summed E-state index contributed by atoms with van der Waals surface area (Å²) in [6.45, 7) is 10.2. The van der Waals surface area contributed by atoms with Gasteiger partial charge in [-0.2, -0.15) is 5.10 Å². The second kappa shape index (κ2) is 8.49. The van der Waals surface area contributed by atoms with Crippen molar-refractivity contribution >= 4 is 5.91 Å². The zero-order chi connectivity index (χ0) is 18.5. The third-order valence-corrected chi connectivity index (χ3v) is 5.15. The molecule has 1 N–H and O–H groups in total. The topological polar surface area (TPSA) is 50.2 Å². The van der Waals surface area contributed by atoms with E-state index in [1.807, 2.05) is 48.9 Å². The fraction of sp³-hybridized carbons (Fsp3) is 0.524. The lowest BCUT2D eigenvalue weighted by Gasteiger charge is -2.29. The Kier molecular flexibility index (Phi) is 6.09.